The molecular formula is C30H24BrNO4S2. The Morgan fingerprint density at radius 1 is 1.00 bits per heavy atom. The van der Waals surface area contributed by atoms with E-state index in [0.717, 1.165) is 21.0 Å². The predicted molar refractivity (Wildman–Crippen MR) is 162 cm³/mol. The number of anilines is 1. The van der Waals surface area contributed by atoms with Crippen molar-refractivity contribution in [2.45, 2.75) is 13.5 Å². The molecule has 1 saturated heterocycles. The number of rotatable bonds is 8. The number of ether oxygens (including phenoxy) is 3. The summed E-state index contributed by atoms with van der Waals surface area (Å²) < 4.78 is 18.6. The standard InChI is InChI=1S/C30H24BrNO4S2/c1-3-35-26-16-19(17-27-29(33)32(30(37)38-27)22-11-13-23(34-2)14-12-22)15-25(31)28(26)36-18-21-9-6-8-20-7-4-5-10-24(20)21/h4-17H,3,18H2,1-2H3/b27-17-. The summed E-state index contributed by atoms with van der Waals surface area (Å²) in [6, 6.07) is 25.5. The second kappa shape index (κ2) is 11.6. The normalized spacial score (nSPS) is 14.4. The van der Waals surface area contributed by atoms with Crippen LogP contribution in [0.5, 0.6) is 17.2 Å². The summed E-state index contributed by atoms with van der Waals surface area (Å²) in [4.78, 5) is 15.3. The smallest absolute Gasteiger partial charge is 0.270 e. The van der Waals surface area contributed by atoms with E-state index in [4.69, 9.17) is 26.4 Å². The van der Waals surface area contributed by atoms with E-state index in [1.807, 2.05) is 55.5 Å². The molecule has 0 aromatic heterocycles. The van der Waals surface area contributed by atoms with Gasteiger partial charge in [-0.25, -0.2) is 0 Å². The molecule has 5 rings (SSSR count). The molecule has 0 spiro atoms. The Bertz CT molecular complexity index is 1550. The summed E-state index contributed by atoms with van der Waals surface area (Å²) in [7, 11) is 1.60. The number of thiocarbonyl (C=S) groups is 1. The van der Waals surface area contributed by atoms with Gasteiger partial charge in [-0.15, -0.1) is 0 Å². The van der Waals surface area contributed by atoms with Crippen LogP contribution in [0, 0.1) is 0 Å². The Balaban J connectivity index is 1.41. The van der Waals surface area contributed by atoms with Crippen molar-refractivity contribution in [1.82, 2.24) is 0 Å². The largest absolute Gasteiger partial charge is 0.497 e. The first-order valence-corrected chi connectivity index (χ1v) is 14.0. The van der Waals surface area contributed by atoms with Gasteiger partial charge in [0.1, 0.15) is 12.4 Å². The van der Waals surface area contributed by atoms with E-state index in [9.17, 15) is 4.79 Å². The number of carbonyl (C=O) groups excluding carboxylic acids is 1. The monoisotopic (exact) mass is 605 g/mol. The molecule has 0 atom stereocenters. The van der Waals surface area contributed by atoms with Crippen LogP contribution in [0.2, 0.25) is 0 Å². The molecule has 0 bridgehead atoms. The van der Waals surface area contributed by atoms with Gasteiger partial charge in [-0.05, 0) is 87.2 Å². The summed E-state index contributed by atoms with van der Waals surface area (Å²) in [5.41, 5.74) is 2.59. The summed E-state index contributed by atoms with van der Waals surface area (Å²) in [6.45, 7) is 2.79. The number of nitrogens with zero attached hydrogens (tertiary/aromatic N) is 1. The zero-order valence-electron chi connectivity index (χ0n) is 20.8. The Morgan fingerprint density at radius 3 is 2.53 bits per heavy atom. The van der Waals surface area contributed by atoms with Gasteiger partial charge in [-0.1, -0.05) is 66.4 Å². The van der Waals surface area contributed by atoms with Gasteiger partial charge < -0.3 is 14.2 Å². The van der Waals surface area contributed by atoms with Gasteiger partial charge in [-0.3, -0.25) is 9.69 Å². The molecule has 8 heteroatoms. The maximum Gasteiger partial charge on any atom is 0.270 e. The van der Waals surface area contributed by atoms with Crippen LogP contribution in [0.4, 0.5) is 5.69 Å². The fourth-order valence-electron chi connectivity index (χ4n) is 4.22. The van der Waals surface area contributed by atoms with E-state index in [1.165, 1.54) is 22.0 Å². The fourth-order valence-corrected chi connectivity index (χ4v) is 6.09. The van der Waals surface area contributed by atoms with E-state index in [-0.39, 0.29) is 5.91 Å². The number of fused-ring (bicyclic) bond motifs is 1. The average molecular weight is 607 g/mol. The second-order valence-corrected chi connectivity index (χ2v) is 10.9. The number of thioether (sulfide) groups is 1. The number of hydrogen-bond acceptors (Lipinski definition) is 6. The third kappa shape index (κ3) is 5.43. The van der Waals surface area contributed by atoms with Crippen LogP contribution < -0.4 is 19.1 Å². The molecule has 0 aliphatic carbocycles. The van der Waals surface area contributed by atoms with Crippen molar-refractivity contribution in [3.05, 3.63) is 99.4 Å². The van der Waals surface area contributed by atoms with Gasteiger partial charge in [0.25, 0.3) is 5.91 Å². The molecule has 192 valence electrons. The van der Waals surface area contributed by atoms with Crippen molar-refractivity contribution in [1.29, 1.82) is 0 Å². The van der Waals surface area contributed by atoms with Crippen LogP contribution in [-0.4, -0.2) is 23.9 Å². The molecule has 0 N–H and O–H groups in total. The predicted octanol–water partition coefficient (Wildman–Crippen LogP) is 7.99. The van der Waals surface area contributed by atoms with Crippen LogP contribution >= 0.6 is 39.9 Å². The molecule has 1 aliphatic heterocycles. The summed E-state index contributed by atoms with van der Waals surface area (Å²) in [5.74, 6) is 1.75. The van der Waals surface area contributed by atoms with Crippen molar-refractivity contribution >= 4 is 72.7 Å². The molecule has 0 unspecified atom stereocenters. The topological polar surface area (TPSA) is 48.0 Å². The summed E-state index contributed by atoms with van der Waals surface area (Å²) >= 11 is 10.4. The van der Waals surface area contributed by atoms with E-state index >= 15 is 0 Å². The molecule has 4 aromatic carbocycles. The van der Waals surface area contributed by atoms with E-state index in [0.29, 0.717) is 45.4 Å². The van der Waals surface area contributed by atoms with Crippen LogP contribution in [0.3, 0.4) is 0 Å². The van der Waals surface area contributed by atoms with Crippen molar-refractivity contribution in [3.63, 3.8) is 0 Å². The van der Waals surface area contributed by atoms with E-state index < -0.39 is 0 Å². The lowest BCUT2D eigenvalue weighted by Crippen LogP contribution is -2.27. The molecular weight excluding hydrogens is 582 g/mol. The highest BCUT2D eigenvalue weighted by atomic mass is 79.9. The highest BCUT2D eigenvalue weighted by molar-refractivity contribution is 9.10. The Labute approximate surface area is 239 Å². The summed E-state index contributed by atoms with van der Waals surface area (Å²) in [5, 5.41) is 2.32. The van der Waals surface area contributed by atoms with E-state index in [1.54, 1.807) is 19.2 Å². The fraction of sp³-hybridized carbons (Fsp3) is 0.133. The zero-order valence-corrected chi connectivity index (χ0v) is 24.0. The molecule has 1 amide bonds. The van der Waals surface area contributed by atoms with Gasteiger partial charge in [0.2, 0.25) is 0 Å². The molecule has 1 fully saturated rings. The number of benzene rings is 4. The van der Waals surface area contributed by atoms with Crippen molar-refractivity contribution < 1.29 is 19.0 Å². The summed E-state index contributed by atoms with van der Waals surface area (Å²) in [6.07, 6.45) is 1.82. The second-order valence-electron chi connectivity index (χ2n) is 8.41. The lowest BCUT2D eigenvalue weighted by Gasteiger charge is -2.16. The first-order valence-electron chi connectivity index (χ1n) is 12.0. The SMILES string of the molecule is CCOc1cc(/C=C2\SC(=S)N(c3ccc(OC)cc3)C2=O)cc(Br)c1OCc1cccc2ccccc12. The quantitative estimate of drug-likeness (QED) is 0.150. The van der Waals surface area contributed by atoms with Crippen LogP contribution in [0.25, 0.3) is 16.8 Å². The molecule has 5 nitrogen and oxygen atoms in total. The van der Waals surface area contributed by atoms with Crippen molar-refractivity contribution in [2.75, 3.05) is 18.6 Å². The number of amides is 1. The third-order valence-corrected chi connectivity index (χ3v) is 7.90. The lowest BCUT2D eigenvalue weighted by molar-refractivity contribution is -0.113. The lowest BCUT2D eigenvalue weighted by atomic mass is 10.1. The van der Waals surface area contributed by atoms with E-state index in [2.05, 4.69) is 40.2 Å². The van der Waals surface area contributed by atoms with Crippen molar-refractivity contribution in [2.24, 2.45) is 0 Å². The van der Waals surface area contributed by atoms with Crippen molar-refractivity contribution in [3.8, 4) is 17.2 Å². The Hall–Kier alpha value is -3.33. The Kier molecular flexibility index (Phi) is 8.02. The number of methoxy groups -OCH3 is 1. The highest BCUT2D eigenvalue weighted by Gasteiger charge is 2.33. The Morgan fingerprint density at radius 2 is 1.76 bits per heavy atom. The van der Waals surface area contributed by atoms with Gasteiger partial charge >= 0.3 is 0 Å². The third-order valence-electron chi connectivity index (χ3n) is 6.01. The van der Waals surface area contributed by atoms with Gasteiger partial charge in [0.05, 0.1) is 28.8 Å². The average Bonchev–Trinajstić information content (AvgIpc) is 3.20. The van der Waals surface area contributed by atoms with Gasteiger partial charge in [0, 0.05) is 0 Å². The number of hydrogen-bond donors (Lipinski definition) is 0. The van der Waals surface area contributed by atoms with Gasteiger partial charge in [-0.2, -0.15) is 0 Å². The maximum atomic E-state index is 13.3. The first kappa shape index (κ1) is 26.3. The molecule has 0 radical (unpaired) electrons. The maximum absolute atomic E-state index is 13.3. The molecule has 0 saturated carbocycles. The number of carbonyl (C=O) groups is 1. The molecule has 38 heavy (non-hydrogen) atoms. The van der Waals surface area contributed by atoms with Crippen LogP contribution in [-0.2, 0) is 11.4 Å². The number of halogens is 1. The molecule has 4 aromatic rings. The van der Waals surface area contributed by atoms with Crippen LogP contribution in [0.15, 0.2) is 88.2 Å². The molecule has 1 aliphatic rings. The minimum atomic E-state index is -0.171. The van der Waals surface area contributed by atoms with Crippen LogP contribution in [0.1, 0.15) is 18.1 Å². The molecule has 1 heterocycles. The minimum absolute atomic E-state index is 0.171. The minimum Gasteiger partial charge on any atom is -0.497 e. The highest BCUT2D eigenvalue weighted by Crippen LogP contribution is 2.41. The van der Waals surface area contributed by atoms with Gasteiger partial charge in [0.15, 0.2) is 15.8 Å². The zero-order chi connectivity index (χ0) is 26.6. The first-order chi connectivity index (χ1) is 18.5.